The van der Waals surface area contributed by atoms with Crippen LogP contribution in [0.15, 0.2) is 0 Å². The van der Waals surface area contributed by atoms with E-state index in [-0.39, 0.29) is 18.7 Å². The quantitative estimate of drug-likeness (QED) is 0.553. The topological polar surface area (TPSA) is 105 Å². The number of alkyl carbamates (subject to hydrolysis) is 1. The Labute approximate surface area is 135 Å². The van der Waals surface area contributed by atoms with Crippen LogP contribution in [0.5, 0.6) is 0 Å². The molecular formula is C14H26N2O5S. The number of hydrogen-bond donors (Lipinski definition) is 3. The van der Waals surface area contributed by atoms with Crippen LogP contribution >= 0.6 is 11.8 Å². The maximum absolute atomic E-state index is 11.6. The van der Waals surface area contributed by atoms with Crippen molar-refractivity contribution < 1.29 is 24.2 Å². The van der Waals surface area contributed by atoms with E-state index in [4.69, 9.17) is 9.84 Å². The van der Waals surface area contributed by atoms with Crippen molar-refractivity contribution in [2.45, 2.75) is 52.2 Å². The van der Waals surface area contributed by atoms with Gasteiger partial charge in [0, 0.05) is 18.7 Å². The second-order valence-electron chi connectivity index (χ2n) is 5.62. The lowest BCUT2D eigenvalue weighted by Crippen LogP contribution is -2.44. The van der Waals surface area contributed by atoms with Crippen LogP contribution in [0.4, 0.5) is 4.79 Å². The minimum atomic E-state index is -1.19. The Morgan fingerprint density at radius 3 is 2.41 bits per heavy atom. The Hall–Kier alpha value is -1.44. The van der Waals surface area contributed by atoms with Gasteiger partial charge in [0.1, 0.15) is 11.6 Å². The predicted molar refractivity (Wildman–Crippen MR) is 86.0 cm³/mol. The Balaban J connectivity index is 4.17. The maximum Gasteiger partial charge on any atom is 0.408 e. The number of hydrogen-bond acceptors (Lipinski definition) is 5. The summed E-state index contributed by atoms with van der Waals surface area (Å²) in [4.78, 5) is 34.3. The van der Waals surface area contributed by atoms with Crippen LogP contribution in [-0.2, 0) is 14.3 Å². The first kappa shape index (κ1) is 20.6. The van der Waals surface area contributed by atoms with Crippen LogP contribution in [-0.4, -0.2) is 52.8 Å². The Kier molecular flexibility index (Phi) is 9.64. The molecule has 0 aliphatic heterocycles. The van der Waals surface area contributed by atoms with Gasteiger partial charge in [-0.1, -0.05) is 6.92 Å². The molecule has 128 valence electrons. The molecule has 3 N–H and O–H groups in total. The average molecular weight is 334 g/mol. The summed E-state index contributed by atoms with van der Waals surface area (Å²) in [7, 11) is 0. The summed E-state index contributed by atoms with van der Waals surface area (Å²) in [6, 6.07) is -1.15. The van der Waals surface area contributed by atoms with Crippen LogP contribution in [0, 0.1) is 0 Å². The minimum Gasteiger partial charge on any atom is -0.480 e. The molecule has 0 aliphatic carbocycles. The fraction of sp³-hybridized carbons (Fsp3) is 0.786. The zero-order valence-electron chi connectivity index (χ0n) is 13.6. The highest BCUT2D eigenvalue weighted by atomic mass is 32.2. The number of carboxylic acids is 1. The number of carbonyl (C=O) groups excluding carboxylic acids is 2. The van der Waals surface area contributed by atoms with Gasteiger partial charge in [0.25, 0.3) is 0 Å². The summed E-state index contributed by atoms with van der Waals surface area (Å²) in [5, 5.41) is 14.0. The van der Waals surface area contributed by atoms with Crippen molar-refractivity contribution in [3.63, 3.8) is 0 Å². The molecule has 0 rings (SSSR count). The van der Waals surface area contributed by atoms with Crippen molar-refractivity contribution in [2.24, 2.45) is 0 Å². The molecule has 1 atom stereocenters. The molecule has 0 aromatic carbocycles. The van der Waals surface area contributed by atoms with Crippen LogP contribution in [0.1, 0.15) is 40.5 Å². The molecule has 0 radical (unpaired) electrons. The number of carbonyl (C=O) groups is 3. The molecule has 0 saturated carbocycles. The molecule has 7 nitrogen and oxygen atoms in total. The van der Waals surface area contributed by atoms with Gasteiger partial charge < -0.3 is 20.5 Å². The Morgan fingerprint density at radius 2 is 1.91 bits per heavy atom. The Bertz CT molecular complexity index is 382. The van der Waals surface area contributed by atoms with Gasteiger partial charge in [-0.05, 0) is 32.9 Å². The van der Waals surface area contributed by atoms with E-state index in [1.165, 1.54) is 0 Å². The molecule has 0 fully saturated rings. The van der Waals surface area contributed by atoms with E-state index >= 15 is 0 Å². The largest absolute Gasteiger partial charge is 0.480 e. The van der Waals surface area contributed by atoms with Crippen LogP contribution < -0.4 is 10.6 Å². The van der Waals surface area contributed by atoms with Crippen LogP contribution in [0.25, 0.3) is 0 Å². The summed E-state index contributed by atoms with van der Waals surface area (Å²) in [5.74, 6) is 0.381. The monoisotopic (exact) mass is 334 g/mol. The van der Waals surface area contributed by atoms with Crippen molar-refractivity contribution >= 4 is 29.7 Å². The second-order valence-corrected chi connectivity index (χ2v) is 7.02. The van der Waals surface area contributed by atoms with E-state index in [2.05, 4.69) is 10.6 Å². The highest BCUT2D eigenvalue weighted by Crippen LogP contribution is 2.08. The molecule has 0 aromatic heterocycles. The van der Waals surface area contributed by atoms with Gasteiger partial charge in [0.05, 0.1) is 0 Å². The van der Waals surface area contributed by atoms with Gasteiger partial charge in [-0.15, -0.1) is 0 Å². The minimum absolute atomic E-state index is 0.0152. The van der Waals surface area contributed by atoms with E-state index < -0.39 is 23.7 Å². The first-order valence-corrected chi connectivity index (χ1v) is 8.38. The number of nitrogens with one attached hydrogen (secondary N) is 2. The lowest BCUT2D eigenvalue weighted by atomic mass is 10.1. The number of aliphatic carboxylic acids is 1. The first-order chi connectivity index (χ1) is 10.2. The van der Waals surface area contributed by atoms with E-state index in [1.807, 2.05) is 6.92 Å². The van der Waals surface area contributed by atoms with Gasteiger partial charge in [-0.2, -0.15) is 11.8 Å². The molecule has 0 bridgehead atoms. The van der Waals surface area contributed by atoms with Gasteiger partial charge >= 0.3 is 12.1 Å². The predicted octanol–water partition coefficient (Wildman–Crippen LogP) is 1.61. The van der Waals surface area contributed by atoms with Crippen molar-refractivity contribution in [3.8, 4) is 0 Å². The van der Waals surface area contributed by atoms with Crippen molar-refractivity contribution in [1.82, 2.24) is 10.6 Å². The number of carboxylic acid groups (broad SMARTS) is 1. The fourth-order valence-electron chi connectivity index (χ4n) is 1.48. The van der Waals surface area contributed by atoms with Crippen molar-refractivity contribution in [3.05, 3.63) is 0 Å². The normalized spacial score (nSPS) is 12.4. The average Bonchev–Trinajstić information content (AvgIpc) is 2.37. The van der Waals surface area contributed by atoms with E-state index in [1.54, 1.807) is 32.5 Å². The van der Waals surface area contributed by atoms with E-state index in [0.29, 0.717) is 6.54 Å². The molecule has 0 unspecified atom stereocenters. The Morgan fingerprint density at radius 1 is 1.27 bits per heavy atom. The highest BCUT2D eigenvalue weighted by Gasteiger charge is 2.24. The highest BCUT2D eigenvalue weighted by molar-refractivity contribution is 7.99. The molecular weight excluding hydrogens is 308 g/mol. The molecule has 0 aliphatic rings. The van der Waals surface area contributed by atoms with Crippen LogP contribution in [0.2, 0.25) is 0 Å². The molecule has 22 heavy (non-hydrogen) atoms. The zero-order chi connectivity index (χ0) is 17.2. The van der Waals surface area contributed by atoms with E-state index in [0.717, 1.165) is 11.5 Å². The zero-order valence-corrected chi connectivity index (χ0v) is 14.4. The summed E-state index contributed by atoms with van der Waals surface area (Å²) in [5.41, 5.74) is -0.707. The summed E-state index contributed by atoms with van der Waals surface area (Å²) < 4.78 is 5.00. The van der Waals surface area contributed by atoms with Gasteiger partial charge in [0.2, 0.25) is 5.91 Å². The number of rotatable bonds is 9. The van der Waals surface area contributed by atoms with Gasteiger partial charge in [0.15, 0.2) is 0 Å². The van der Waals surface area contributed by atoms with Crippen LogP contribution in [0.3, 0.4) is 0 Å². The SMILES string of the molecule is CCSCCNC(=O)CC[C@H](NC(=O)OC(C)(C)C)C(=O)O. The number of ether oxygens (including phenoxy) is 1. The number of thioether (sulfide) groups is 1. The smallest absolute Gasteiger partial charge is 0.408 e. The van der Waals surface area contributed by atoms with Gasteiger partial charge in [-0.3, -0.25) is 4.79 Å². The third-order valence-corrected chi connectivity index (χ3v) is 3.32. The molecule has 0 aromatic rings. The molecule has 0 heterocycles. The van der Waals surface area contributed by atoms with E-state index in [9.17, 15) is 14.4 Å². The summed E-state index contributed by atoms with van der Waals surface area (Å²) in [6.45, 7) is 7.64. The fourth-order valence-corrected chi connectivity index (χ4v) is 2.01. The second kappa shape index (κ2) is 10.3. The lowest BCUT2D eigenvalue weighted by Gasteiger charge is -2.21. The third-order valence-electron chi connectivity index (χ3n) is 2.42. The molecule has 0 spiro atoms. The molecule has 0 saturated heterocycles. The standard InChI is InChI=1S/C14H26N2O5S/c1-5-22-9-8-15-11(17)7-6-10(12(18)19)16-13(20)21-14(2,3)4/h10H,5-9H2,1-4H3,(H,15,17)(H,16,20)(H,18,19)/t10-/m0/s1. The maximum atomic E-state index is 11.6. The number of amides is 2. The first-order valence-electron chi connectivity index (χ1n) is 7.22. The van der Waals surface area contributed by atoms with Crippen molar-refractivity contribution in [2.75, 3.05) is 18.1 Å². The molecule has 8 heteroatoms. The van der Waals surface area contributed by atoms with Crippen molar-refractivity contribution in [1.29, 1.82) is 0 Å². The third kappa shape index (κ3) is 11.2. The van der Waals surface area contributed by atoms with Gasteiger partial charge in [-0.25, -0.2) is 9.59 Å². The molecule has 2 amide bonds. The lowest BCUT2D eigenvalue weighted by molar-refractivity contribution is -0.139. The summed E-state index contributed by atoms with van der Waals surface area (Å²) in [6.07, 6.45) is -0.759. The summed E-state index contributed by atoms with van der Waals surface area (Å²) >= 11 is 1.71.